The molecule has 4 aromatic rings. The summed E-state index contributed by atoms with van der Waals surface area (Å²) in [4.78, 5) is 17.7. The van der Waals surface area contributed by atoms with Crippen molar-refractivity contribution in [3.8, 4) is 0 Å². The van der Waals surface area contributed by atoms with E-state index >= 15 is 0 Å². The van der Waals surface area contributed by atoms with Crippen molar-refractivity contribution in [2.75, 3.05) is 5.32 Å². The second-order valence-electron chi connectivity index (χ2n) is 7.73. The van der Waals surface area contributed by atoms with E-state index in [2.05, 4.69) is 15.4 Å². The van der Waals surface area contributed by atoms with Crippen molar-refractivity contribution in [1.29, 1.82) is 0 Å². The molecule has 0 aliphatic rings. The van der Waals surface area contributed by atoms with E-state index < -0.39 is 0 Å². The van der Waals surface area contributed by atoms with Crippen molar-refractivity contribution in [2.45, 2.75) is 34.2 Å². The van der Waals surface area contributed by atoms with E-state index in [-0.39, 0.29) is 11.7 Å². The molecule has 7 heteroatoms. The molecule has 0 spiro atoms. The van der Waals surface area contributed by atoms with Gasteiger partial charge in [0.15, 0.2) is 0 Å². The Morgan fingerprint density at radius 2 is 1.87 bits per heavy atom. The quantitative estimate of drug-likeness (QED) is 0.442. The largest absolute Gasteiger partial charge is 0.319 e. The van der Waals surface area contributed by atoms with Gasteiger partial charge in [-0.25, -0.2) is 4.39 Å². The Morgan fingerprint density at radius 1 is 1.10 bits per heavy atom. The van der Waals surface area contributed by atoms with Gasteiger partial charge in [0.2, 0.25) is 0 Å². The number of carbonyl (C=O) groups is 1. The first kappa shape index (κ1) is 21.0. The van der Waals surface area contributed by atoms with Crippen molar-refractivity contribution in [2.24, 2.45) is 0 Å². The number of amides is 1. The molecule has 1 N–H and O–H groups in total. The zero-order chi connectivity index (χ0) is 22.3. The molecule has 0 saturated carbocycles. The SMILES string of the molecule is Cc1ccc2nc(C)cc(C(=O)Nc3c(C)nn(Cc4ccc(F)cc4Cl)c3C)c2c1. The van der Waals surface area contributed by atoms with Crippen LogP contribution >= 0.6 is 11.6 Å². The second kappa shape index (κ2) is 8.12. The number of pyridine rings is 1. The third-order valence-corrected chi connectivity index (χ3v) is 5.64. The van der Waals surface area contributed by atoms with Crippen LogP contribution in [0.1, 0.15) is 38.6 Å². The number of anilines is 1. The molecule has 4 rings (SSSR count). The maximum absolute atomic E-state index is 13.3. The summed E-state index contributed by atoms with van der Waals surface area (Å²) < 4.78 is 15.1. The average molecular weight is 437 g/mol. The lowest BCUT2D eigenvalue weighted by Gasteiger charge is -2.11. The molecular formula is C24H22ClFN4O. The zero-order valence-electron chi connectivity index (χ0n) is 17.8. The van der Waals surface area contributed by atoms with Crippen LogP contribution in [-0.4, -0.2) is 20.7 Å². The number of carbonyl (C=O) groups excluding carboxylic acids is 1. The van der Waals surface area contributed by atoms with Crippen LogP contribution in [0.2, 0.25) is 5.02 Å². The Balaban J connectivity index is 1.67. The first-order chi connectivity index (χ1) is 14.7. The van der Waals surface area contributed by atoms with Gasteiger partial charge in [0.25, 0.3) is 5.91 Å². The van der Waals surface area contributed by atoms with Crippen LogP contribution in [0.4, 0.5) is 10.1 Å². The van der Waals surface area contributed by atoms with Crippen molar-refractivity contribution in [3.05, 3.63) is 87.1 Å². The molecule has 0 bridgehead atoms. The molecule has 0 fully saturated rings. The molecular weight excluding hydrogens is 415 g/mol. The molecule has 31 heavy (non-hydrogen) atoms. The van der Waals surface area contributed by atoms with Gasteiger partial charge >= 0.3 is 0 Å². The summed E-state index contributed by atoms with van der Waals surface area (Å²) in [7, 11) is 0. The maximum atomic E-state index is 13.3. The van der Waals surface area contributed by atoms with Crippen molar-refractivity contribution in [1.82, 2.24) is 14.8 Å². The molecule has 0 aliphatic carbocycles. The highest BCUT2D eigenvalue weighted by molar-refractivity contribution is 6.31. The van der Waals surface area contributed by atoms with Crippen LogP contribution in [-0.2, 0) is 6.54 Å². The van der Waals surface area contributed by atoms with Crippen LogP contribution in [0.25, 0.3) is 10.9 Å². The fourth-order valence-corrected chi connectivity index (χ4v) is 3.91. The summed E-state index contributed by atoms with van der Waals surface area (Å²) in [6.45, 7) is 7.95. The van der Waals surface area contributed by atoms with E-state index in [9.17, 15) is 9.18 Å². The highest BCUT2D eigenvalue weighted by atomic mass is 35.5. The lowest BCUT2D eigenvalue weighted by molar-refractivity contribution is 0.102. The van der Waals surface area contributed by atoms with Crippen LogP contribution in [0.15, 0.2) is 42.5 Å². The van der Waals surface area contributed by atoms with Crippen LogP contribution in [0, 0.1) is 33.5 Å². The molecule has 0 unspecified atom stereocenters. The number of nitrogens with one attached hydrogen (secondary N) is 1. The van der Waals surface area contributed by atoms with E-state index in [0.717, 1.165) is 33.4 Å². The number of hydrogen-bond acceptors (Lipinski definition) is 3. The number of nitrogens with zero attached hydrogens (tertiary/aromatic N) is 3. The minimum atomic E-state index is -0.384. The first-order valence-corrected chi connectivity index (χ1v) is 10.3. The molecule has 2 aromatic carbocycles. The second-order valence-corrected chi connectivity index (χ2v) is 8.13. The normalized spacial score (nSPS) is 11.2. The molecule has 1 amide bonds. The summed E-state index contributed by atoms with van der Waals surface area (Å²) in [5.41, 5.74) is 6.06. The monoisotopic (exact) mass is 436 g/mol. The molecule has 0 atom stereocenters. The fourth-order valence-electron chi connectivity index (χ4n) is 3.68. The van der Waals surface area contributed by atoms with Gasteiger partial charge in [-0.3, -0.25) is 14.5 Å². The van der Waals surface area contributed by atoms with Crippen molar-refractivity contribution < 1.29 is 9.18 Å². The van der Waals surface area contributed by atoms with E-state index in [1.165, 1.54) is 12.1 Å². The highest BCUT2D eigenvalue weighted by Crippen LogP contribution is 2.26. The fraction of sp³-hybridized carbons (Fsp3) is 0.208. The summed E-state index contributed by atoms with van der Waals surface area (Å²) in [6, 6.07) is 12.0. The number of fused-ring (bicyclic) bond motifs is 1. The van der Waals surface area contributed by atoms with Gasteiger partial charge < -0.3 is 5.32 Å². The van der Waals surface area contributed by atoms with E-state index in [1.54, 1.807) is 16.8 Å². The van der Waals surface area contributed by atoms with E-state index in [4.69, 9.17) is 11.6 Å². The summed E-state index contributed by atoms with van der Waals surface area (Å²) in [5, 5.41) is 8.72. The smallest absolute Gasteiger partial charge is 0.256 e. The van der Waals surface area contributed by atoms with Gasteiger partial charge in [0.1, 0.15) is 5.82 Å². The van der Waals surface area contributed by atoms with Crippen LogP contribution in [0.3, 0.4) is 0 Å². The van der Waals surface area contributed by atoms with Gasteiger partial charge in [0.05, 0.1) is 34.7 Å². The predicted molar refractivity (Wildman–Crippen MR) is 121 cm³/mol. The summed E-state index contributed by atoms with van der Waals surface area (Å²) >= 11 is 6.17. The van der Waals surface area contributed by atoms with E-state index in [0.29, 0.717) is 28.5 Å². The maximum Gasteiger partial charge on any atom is 0.256 e. The number of halogens is 2. The van der Waals surface area contributed by atoms with Crippen molar-refractivity contribution in [3.63, 3.8) is 0 Å². The Labute approximate surface area is 184 Å². The molecule has 0 aliphatic heterocycles. The zero-order valence-corrected chi connectivity index (χ0v) is 18.5. The summed E-state index contributed by atoms with van der Waals surface area (Å²) in [5.74, 6) is -0.600. The summed E-state index contributed by atoms with van der Waals surface area (Å²) in [6.07, 6.45) is 0. The molecule has 158 valence electrons. The van der Waals surface area contributed by atoms with Gasteiger partial charge in [0, 0.05) is 16.1 Å². The van der Waals surface area contributed by atoms with Crippen LogP contribution < -0.4 is 5.32 Å². The van der Waals surface area contributed by atoms with Gasteiger partial charge in [-0.1, -0.05) is 29.3 Å². The molecule has 2 aromatic heterocycles. The predicted octanol–water partition coefficient (Wildman–Crippen LogP) is 5.76. The Hall–Kier alpha value is -3.25. The first-order valence-electron chi connectivity index (χ1n) is 9.90. The van der Waals surface area contributed by atoms with Crippen molar-refractivity contribution >= 4 is 34.1 Å². The number of rotatable bonds is 4. The minimum Gasteiger partial charge on any atom is -0.319 e. The van der Waals surface area contributed by atoms with Gasteiger partial charge in [-0.15, -0.1) is 0 Å². The topological polar surface area (TPSA) is 59.8 Å². The average Bonchev–Trinajstić information content (AvgIpc) is 2.97. The number of benzene rings is 2. The Bertz CT molecular complexity index is 1330. The molecule has 5 nitrogen and oxygen atoms in total. The number of aromatic nitrogens is 3. The lowest BCUT2D eigenvalue weighted by Crippen LogP contribution is -2.14. The van der Waals surface area contributed by atoms with Gasteiger partial charge in [-0.2, -0.15) is 5.10 Å². The molecule has 2 heterocycles. The molecule has 0 saturated heterocycles. The standard InChI is InChI=1S/C24H22ClFN4O/c1-13-5-8-22-19(9-13)20(10-14(2)27-22)24(31)28-23-15(3)29-30(16(23)4)12-17-6-7-18(26)11-21(17)25/h5-11H,12H2,1-4H3,(H,28,31). The highest BCUT2D eigenvalue weighted by Gasteiger charge is 2.18. The third-order valence-electron chi connectivity index (χ3n) is 5.29. The Kier molecular flexibility index (Phi) is 5.50. The Morgan fingerprint density at radius 3 is 2.61 bits per heavy atom. The van der Waals surface area contributed by atoms with Gasteiger partial charge in [-0.05, 0) is 63.6 Å². The lowest BCUT2D eigenvalue weighted by atomic mass is 10.0. The van der Waals surface area contributed by atoms with Crippen LogP contribution in [0.5, 0.6) is 0 Å². The number of hydrogen-bond donors (Lipinski definition) is 1. The molecule has 0 radical (unpaired) electrons. The number of aryl methyl sites for hydroxylation is 3. The van der Waals surface area contributed by atoms with E-state index in [1.807, 2.05) is 45.9 Å². The third kappa shape index (κ3) is 4.16. The minimum absolute atomic E-state index is 0.216.